The molecule has 0 aliphatic carbocycles. The molecule has 33 heavy (non-hydrogen) atoms. The van der Waals surface area contributed by atoms with Crippen molar-refractivity contribution in [3.63, 3.8) is 0 Å². The van der Waals surface area contributed by atoms with Gasteiger partial charge in [-0.25, -0.2) is 0 Å². The van der Waals surface area contributed by atoms with Gasteiger partial charge in [-0.1, -0.05) is 30.3 Å². The van der Waals surface area contributed by atoms with Gasteiger partial charge in [-0.3, -0.25) is 14.4 Å². The van der Waals surface area contributed by atoms with E-state index in [1.54, 1.807) is 4.90 Å². The van der Waals surface area contributed by atoms with Crippen LogP contribution in [-0.2, 0) is 16.1 Å². The van der Waals surface area contributed by atoms with Crippen LogP contribution in [0.3, 0.4) is 0 Å². The summed E-state index contributed by atoms with van der Waals surface area (Å²) in [5, 5.41) is 3.10. The Balaban J connectivity index is 1.25. The third-order valence-electron chi connectivity index (χ3n) is 6.57. The smallest absolute Gasteiger partial charge is 0.251 e. The lowest BCUT2D eigenvalue weighted by molar-refractivity contribution is -0.136. The van der Waals surface area contributed by atoms with Gasteiger partial charge in [0.15, 0.2) is 0 Å². The zero-order valence-electron chi connectivity index (χ0n) is 19.4. The number of nitrogens with zero attached hydrogens (tertiary/aromatic N) is 3. The first-order chi connectivity index (χ1) is 15.9. The fraction of sp³-hybridized carbons (Fsp3) is 0.423. The number of benzene rings is 2. The van der Waals surface area contributed by atoms with Crippen molar-refractivity contribution in [2.45, 2.75) is 31.8 Å². The molecule has 0 spiro atoms. The average molecular weight is 449 g/mol. The number of carbonyl (C=O) groups excluding carboxylic acids is 3. The molecule has 0 bridgehead atoms. The van der Waals surface area contributed by atoms with E-state index in [1.165, 1.54) is 0 Å². The van der Waals surface area contributed by atoms with Gasteiger partial charge in [0.1, 0.15) is 0 Å². The second-order valence-electron chi connectivity index (χ2n) is 9.18. The number of nitrogens with one attached hydrogen (secondary N) is 1. The third-order valence-corrected chi connectivity index (χ3v) is 6.57. The normalized spacial score (nSPS) is 19.0. The van der Waals surface area contributed by atoms with Crippen molar-refractivity contribution in [1.29, 1.82) is 0 Å². The predicted octanol–water partition coefficient (Wildman–Crippen LogP) is 2.52. The Hall–Kier alpha value is -3.35. The highest BCUT2D eigenvalue weighted by Crippen LogP contribution is 2.24. The summed E-state index contributed by atoms with van der Waals surface area (Å²) >= 11 is 0. The molecule has 2 aliphatic rings. The lowest BCUT2D eigenvalue weighted by Gasteiger charge is -2.33. The molecule has 3 amide bonds. The number of carbonyl (C=O) groups is 3. The predicted molar refractivity (Wildman–Crippen MR) is 128 cm³/mol. The fourth-order valence-electron chi connectivity index (χ4n) is 4.58. The van der Waals surface area contributed by atoms with Crippen molar-refractivity contribution in [2.24, 2.45) is 5.92 Å². The number of hydrogen-bond acceptors (Lipinski definition) is 4. The molecule has 1 unspecified atom stereocenters. The lowest BCUT2D eigenvalue weighted by atomic mass is 10.0. The molecule has 0 aromatic heterocycles. The summed E-state index contributed by atoms with van der Waals surface area (Å²) in [5.41, 5.74) is 2.76. The molecule has 0 radical (unpaired) electrons. The van der Waals surface area contributed by atoms with E-state index in [0.29, 0.717) is 31.7 Å². The minimum absolute atomic E-state index is 0.0413. The lowest BCUT2D eigenvalue weighted by Crippen LogP contribution is -2.48. The molecule has 7 nitrogen and oxygen atoms in total. The summed E-state index contributed by atoms with van der Waals surface area (Å²) in [6, 6.07) is 17.4. The van der Waals surface area contributed by atoms with E-state index >= 15 is 0 Å². The Morgan fingerprint density at radius 3 is 2.30 bits per heavy atom. The zero-order chi connectivity index (χ0) is 23.4. The molecular weight excluding hydrogens is 416 g/mol. The van der Waals surface area contributed by atoms with Crippen LogP contribution in [0.1, 0.15) is 35.2 Å². The Morgan fingerprint density at radius 2 is 1.67 bits per heavy atom. The number of rotatable bonds is 6. The highest BCUT2D eigenvalue weighted by Gasteiger charge is 2.37. The SMILES string of the molecule is CN(C)c1ccc(C(=O)NC2CCN(C(=O)C3CC(=O)N(Cc4ccccc4)C3)CC2)cc1. The van der Waals surface area contributed by atoms with Crippen LogP contribution in [-0.4, -0.2) is 67.3 Å². The third kappa shape index (κ3) is 5.53. The monoisotopic (exact) mass is 448 g/mol. The maximum atomic E-state index is 13.0. The fourth-order valence-corrected chi connectivity index (χ4v) is 4.58. The van der Waals surface area contributed by atoms with Gasteiger partial charge in [-0.2, -0.15) is 0 Å². The van der Waals surface area contributed by atoms with Gasteiger partial charge in [0, 0.05) is 64.0 Å². The maximum Gasteiger partial charge on any atom is 0.251 e. The Labute approximate surface area is 195 Å². The molecule has 4 rings (SSSR count). The van der Waals surface area contributed by atoms with Gasteiger partial charge < -0.3 is 20.0 Å². The zero-order valence-corrected chi connectivity index (χ0v) is 19.4. The van der Waals surface area contributed by atoms with Gasteiger partial charge in [-0.15, -0.1) is 0 Å². The van der Waals surface area contributed by atoms with E-state index in [1.807, 2.05) is 78.5 Å². The number of piperidine rings is 1. The number of amides is 3. The number of anilines is 1. The highest BCUT2D eigenvalue weighted by molar-refractivity contribution is 5.94. The van der Waals surface area contributed by atoms with Crippen LogP contribution in [0.5, 0.6) is 0 Å². The molecule has 2 heterocycles. The minimum Gasteiger partial charge on any atom is -0.378 e. The molecule has 174 valence electrons. The van der Waals surface area contributed by atoms with Crippen molar-refractivity contribution in [3.05, 3.63) is 65.7 Å². The summed E-state index contributed by atoms with van der Waals surface area (Å²) in [4.78, 5) is 43.7. The highest BCUT2D eigenvalue weighted by atomic mass is 16.2. The first-order valence-corrected chi connectivity index (χ1v) is 11.6. The number of hydrogen-bond donors (Lipinski definition) is 1. The van der Waals surface area contributed by atoms with E-state index in [4.69, 9.17) is 0 Å². The van der Waals surface area contributed by atoms with E-state index in [2.05, 4.69) is 5.32 Å². The molecular formula is C26H32N4O3. The van der Waals surface area contributed by atoms with Crippen molar-refractivity contribution in [2.75, 3.05) is 38.6 Å². The van der Waals surface area contributed by atoms with Crippen LogP contribution in [0.4, 0.5) is 5.69 Å². The topological polar surface area (TPSA) is 73.0 Å². The molecule has 2 aromatic carbocycles. The summed E-state index contributed by atoms with van der Waals surface area (Å²) in [6.45, 7) is 2.23. The Kier molecular flexibility index (Phi) is 6.96. The van der Waals surface area contributed by atoms with E-state index < -0.39 is 0 Å². The molecule has 1 atom stereocenters. The van der Waals surface area contributed by atoms with Crippen molar-refractivity contribution in [1.82, 2.24) is 15.1 Å². The summed E-state index contributed by atoms with van der Waals surface area (Å²) in [6.07, 6.45) is 1.73. The molecule has 1 N–H and O–H groups in total. The van der Waals surface area contributed by atoms with Crippen LogP contribution in [0, 0.1) is 5.92 Å². The second-order valence-corrected chi connectivity index (χ2v) is 9.18. The minimum atomic E-state index is -0.275. The van der Waals surface area contributed by atoms with Crippen LogP contribution < -0.4 is 10.2 Å². The first kappa shape index (κ1) is 22.8. The van der Waals surface area contributed by atoms with E-state index in [9.17, 15) is 14.4 Å². The van der Waals surface area contributed by atoms with E-state index in [0.717, 1.165) is 24.1 Å². The number of likely N-dealkylation sites (tertiary alicyclic amines) is 2. The second kappa shape index (κ2) is 10.1. The molecule has 0 saturated carbocycles. The molecule has 2 saturated heterocycles. The Morgan fingerprint density at radius 1 is 1.00 bits per heavy atom. The van der Waals surface area contributed by atoms with Crippen molar-refractivity contribution < 1.29 is 14.4 Å². The van der Waals surface area contributed by atoms with E-state index in [-0.39, 0.29) is 36.1 Å². The quantitative estimate of drug-likeness (QED) is 0.737. The average Bonchev–Trinajstić information content (AvgIpc) is 3.19. The van der Waals surface area contributed by atoms with Crippen molar-refractivity contribution >= 4 is 23.4 Å². The van der Waals surface area contributed by atoms with Gasteiger partial charge >= 0.3 is 0 Å². The van der Waals surface area contributed by atoms with Gasteiger partial charge in [-0.05, 0) is 42.7 Å². The summed E-state index contributed by atoms with van der Waals surface area (Å²) in [5.74, 6) is -0.256. The summed E-state index contributed by atoms with van der Waals surface area (Å²) < 4.78 is 0. The molecule has 7 heteroatoms. The van der Waals surface area contributed by atoms with Crippen LogP contribution in [0.15, 0.2) is 54.6 Å². The van der Waals surface area contributed by atoms with Crippen LogP contribution >= 0.6 is 0 Å². The van der Waals surface area contributed by atoms with Gasteiger partial charge in [0.25, 0.3) is 5.91 Å². The standard InChI is InChI=1S/C26H32N4O3/c1-28(2)23-10-8-20(9-11-23)25(32)27-22-12-14-29(15-13-22)26(33)21-16-24(31)30(18-21)17-19-6-4-3-5-7-19/h3-11,21-22H,12-18H2,1-2H3,(H,27,32). The summed E-state index contributed by atoms with van der Waals surface area (Å²) in [7, 11) is 3.93. The van der Waals surface area contributed by atoms with Crippen molar-refractivity contribution in [3.8, 4) is 0 Å². The van der Waals surface area contributed by atoms with Gasteiger partial charge in [0.05, 0.1) is 5.92 Å². The Bertz CT molecular complexity index is 982. The molecule has 2 aromatic rings. The van der Waals surface area contributed by atoms with Crippen LogP contribution in [0.2, 0.25) is 0 Å². The van der Waals surface area contributed by atoms with Gasteiger partial charge in [0.2, 0.25) is 11.8 Å². The first-order valence-electron chi connectivity index (χ1n) is 11.6. The largest absolute Gasteiger partial charge is 0.378 e. The molecule has 2 fully saturated rings. The maximum absolute atomic E-state index is 13.0. The molecule has 2 aliphatic heterocycles. The van der Waals surface area contributed by atoms with Crippen LogP contribution in [0.25, 0.3) is 0 Å².